The molecule has 3 unspecified atom stereocenters. The minimum Gasteiger partial charge on any atom is -0.391 e. The average molecular weight is 229 g/mol. The van der Waals surface area contributed by atoms with Crippen molar-refractivity contribution < 1.29 is 9.84 Å². The first-order valence-corrected chi connectivity index (χ1v) is 6.50. The van der Waals surface area contributed by atoms with Crippen LogP contribution < -0.4 is 0 Å². The van der Waals surface area contributed by atoms with E-state index in [1.54, 1.807) is 0 Å². The van der Waals surface area contributed by atoms with Gasteiger partial charge in [-0.2, -0.15) is 0 Å². The minimum atomic E-state index is -0.153. The molecule has 0 aromatic carbocycles. The molecule has 0 amide bonds. The van der Waals surface area contributed by atoms with E-state index in [1.807, 2.05) is 0 Å². The van der Waals surface area contributed by atoms with Gasteiger partial charge in [0.15, 0.2) is 0 Å². The third-order valence-electron chi connectivity index (χ3n) is 3.50. The summed E-state index contributed by atoms with van der Waals surface area (Å²) < 4.78 is 5.54. The fourth-order valence-electron chi connectivity index (χ4n) is 2.41. The molecule has 1 saturated carbocycles. The maximum Gasteiger partial charge on any atom is 0.0695 e. The number of ether oxygens (including phenoxy) is 1. The van der Waals surface area contributed by atoms with Crippen LogP contribution in [0.15, 0.2) is 0 Å². The summed E-state index contributed by atoms with van der Waals surface area (Å²) in [5.41, 5.74) is 0. The highest BCUT2D eigenvalue weighted by Gasteiger charge is 2.29. The van der Waals surface area contributed by atoms with E-state index in [0.29, 0.717) is 12.1 Å². The van der Waals surface area contributed by atoms with Crippen LogP contribution >= 0.6 is 0 Å². The molecule has 1 fully saturated rings. The van der Waals surface area contributed by atoms with Crippen LogP contribution in [0.25, 0.3) is 0 Å². The van der Waals surface area contributed by atoms with Gasteiger partial charge in [0.1, 0.15) is 0 Å². The van der Waals surface area contributed by atoms with Crippen LogP contribution in [-0.4, -0.2) is 48.5 Å². The van der Waals surface area contributed by atoms with E-state index in [4.69, 9.17) is 4.74 Å². The molecule has 0 heterocycles. The molecule has 3 heteroatoms. The van der Waals surface area contributed by atoms with Gasteiger partial charge >= 0.3 is 0 Å². The van der Waals surface area contributed by atoms with E-state index in [2.05, 4.69) is 32.7 Å². The number of aliphatic hydroxyl groups excluding tert-OH is 1. The Balaban J connectivity index is 2.30. The number of hydrogen-bond donors (Lipinski definition) is 1. The normalized spacial score (nSPS) is 31.3. The largest absolute Gasteiger partial charge is 0.391 e. The molecule has 0 saturated heterocycles. The van der Waals surface area contributed by atoms with Gasteiger partial charge in [0.2, 0.25) is 0 Å². The monoisotopic (exact) mass is 229 g/mol. The quantitative estimate of drug-likeness (QED) is 0.781. The van der Waals surface area contributed by atoms with Gasteiger partial charge in [0.25, 0.3) is 0 Å². The number of rotatable bonds is 5. The van der Waals surface area contributed by atoms with Gasteiger partial charge in [0.05, 0.1) is 18.8 Å². The molecule has 1 aliphatic rings. The van der Waals surface area contributed by atoms with Crippen molar-refractivity contribution in [2.75, 3.05) is 20.2 Å². The number of hydrogen-bond acceptors (Lipinski definition) is 3. The lowest BCUT2D eigenvalue weighted by Gasteiger charge is -2.37. The summed E-state index contributed by atoms with van der Waals surface area (Å²) in [4.78, 5) is 2.25. The number of nitrogens with zero attached hydrogens (tertiary/aromatic N) is 1. The molecule has 96 valence electrons. The Kier molecular flexibility index (Phi) is 5.73. The predicted octanol–water partition coefficient (Wildman–Crippen LogP) is 1.89. The van der Waals surface area contributed by atoms with Crippen LogP contribution in [0.3, 0.4) is 0 Å². The van der Waals surface area contributed by atoms with Crippen molar-refractivity contribution in [3.05, 3.63) is 0 Å². The van der Waals surface area contributed by atoms with Crippen LogP contribution in [0.2, 0.25) is 0 Å². The third-order valence-corrected chi connectivity index (χ3v) is 3.50. The first kappa shape index (κ1) is 13.9. The molecule has 3 nitrogen and oxygen atoms in total. The SMILES string of the molecule is CC1CCC(O)C(N(C)CCOC(C)C)C1. The molecule has 1 rings (SSSR count). The van der Waals surface area contributed by atoms with Gasteiger partial charge in [-0.1, -0.05) is 6.92 Å². The smallest absolute Gasteiger partial charge is 0.0695 e. The zero-order valence-corrected chi connectivity index (χ0v) is 11.1. The summed E-state index contributed by atoms with van der Waals surface area (Å²) in [6, 6.07) is 0.319. The molecule has 0 radical (unpaired) electrons. The van der Waals surface area contributed by atoms with Crippen LogP contribution in [0.4, 0.5) is 0 Å². The van der Waals surface area contributed by atoms with Crippen molar-refractivity contribution in [3.8, 4) is 0 Å². The van der Waals surface area contributed by atoms with Crippen molar-refractivity contribution in [1.82, 2.24) is 4.90 Å². The Bertz CT molecular complexity index is 196. The number of aliphatic hydroxyl groups is 1. The maximum atomic E-state index is 9.98. The first-order chi connectivity index (χ1) is 7.50. The molecule has 1 N–H and O–H groups in total. The van der Waals surface area contributed by atoms with Crippen molar-refractivity contribution in [2.24, 2.45) is 5.92 Å². The summed E-state index contributed by atoms with van der Waals surface area (Å²) in [7, 11) is 2.09. The summed E-state index contributed by atoms with van der Waals surface area (Å²) in [6.45, 7) is 8.05. The van der Waals surface area contributed by atoms with Gasteiger partial charge in [-0.25, -0.2) is 0 Å². The molecule has 1 aliphatic carbocycles. The highest BCUT2D eigenvalue weighted by Crippen LogP contribution is 2.26. The topological polar surface area (TPSA) is 32.7 Å². The Morgan fingerprint density at radius 2 is 2.06 bits per heavy atom. The Hall–Kier alpha value is -0.120. The van der Waals surface area contributed by atoms with Crippen molar-refractivity contribution >= 4 is 0 Å². The molecular formula is C13H27NO2. The van der Waals surface area contributed by atoms with Crippen molar-refractivity contribution in [2.45, 2.75) is 58.3 Å². The average Bonchev–Trinajstić information content (AvgIpc) is 2.21. The second-order valence-electron chi connectivity index (χ2n) is 5.45. The Labute approximate surface area is 99.8 Å². The summed E-state index contributed by atoms with van der Waals surface area (Å²) >= 11 is 0. The zero-order valence-electron chi connectivity index (χ0n) is 11.1. The molecular weight excluding hydrogens is 202 g/mol. The predicted molar refractivity (Wildman–Crippen MR) is 66.5 cm³/mol. The van der Waals surface area contributed by atoms with Crippen LogP contribution in [-0.2, 0) is 4.74 Å². The lowest BCUT2D eigenvalue weighted by atomic mass is 9.84. The van der Waals surface area contributed by atoms with Gasteiger partial charge < -0.3 is 9.84 Å². The van der Waals surface area contributed by atoms with Crippen molar-refractivity contribution in [1.29, 1.82) is 0 Å². The minimum absolute atomic E-state index is 0.153. The summed E-state index contributed by atoms with van der Waals surface area (Å²) in [5.74, 6) is 0.738. The number of likely N-dealkylation sites (N-methyl/N-ethyl adjacent to an activating group) is 1. The van der Waals surface area contributed by atoms with Gasteiger partial charge in [-0.3, -0.25) is 4.90 Å². The lowest BCUT2D eigenvalue weighted by Crippen LogP contribution is -2.46. The standard InChI is InChI=1S/C13H27NO2/c1-10(2)16-8-7-14(4)12-9-11(3)5-6-13(12)15/h10-13,15H,5-9H2,1-4H3. The van der Waals surface area contributed by atoms with E-state index >= 15 is 0 Å². The van der Waals surface area contributed by atoms with Gasteiger partial charge in [-0.15, -0.1) is 0 Å². The fraction of sp³-hybridized carbons (Fsp3) is 1.00. The molecule has 0 aromatic rings. The lowest BCUT2D eigenvalue weighted by molar-refractivity contribution is -0.00317. The zero-order chi connectivity index (χ0) is 12.1. The highest BCUT2D eigenvalue weighted by molar-refractivity contribution is 4.84. The second-order valence-corrected chi connectivity index (χ2v) is 5.45. The van der Waals surface area contributed by atoms with Crippen LogP contribution in [0.1, 0.15) is 40.0 Å². The van der Waals surface area contributed by atoms with Crippen LogP contribution in [0, 0.1) is 5.92 Å². The molecule has 0 aromatic heterocycles. The molecule has 3 atom stereocenters. The van der Waals surface area contributed by atoms with E-state index in [0.717, 1.165) is 38.3 Å². The van der Waals surface area contributed by atoms with Gasteiger partial charge in [0, 0.05) is 12.6 Å². The van der Waals surface area contributed by atoms with Crippen molar-refractivity contribution in [3.63, 3.8) is 0 Å². The highest BCUT2D eigenvalue weighted by atomic mass is 16.5. The Morgan fingerprint density at radius 1 is 1.38 bits per heavy atom. The van der Waals surface area contributed by atoms with E-state index < -0.39 is 0 Å². The first-order valence-electron chi connectivity index (χ1n) is 6.50. The van der Waals surface area contributed by atoms with E-state index in [9.17, 15) is 5.11 Å². The second kappa shape index (κ2) is 6.58. The van der Waals surface area contributed by atoms with E-state index in [1.165, 1.54) is 0 Å². The maximum absolute atomic E-state index is 9.98. The molecule has 0 bridgehead atoms. The molecule has 0 spiro atoms. The summed E-state index contributed by atoms with van der Waals surface area (Å²) in [5, 5.41) is 9.98. The van der Waals surface area contributed by atoms with E-state index in [-0.39, 0.29) is 6.10 Å². The summed E-state index contributed by atoms with van der Waals surface area (Å²) in [6.07, 6.45) is 3.36. The molecule has 0 aliphatic heterocycles. The third kappa shape index (κ3) is 4.40. The Morgan fingerprint density at radius 3 is 2.69 bits per heavy atom. The fourth-order valence-corrected chi connectivity index (χ4v) is 2.41. The van der Waals surface area contributed by atoms with Gasteiger partial charge in [-0.05, 0) is 46.1 Å². The van der Waals surface area contributed by atoms with Crippen LogP contribution in [0.5, 0.6) is 0 Å². The molecule has 16 heavy (non-hydrogen) atoms.